The molecule has 1 aromatic rings. The van der Waals surface area contributed by atoms with Crippen molar-refractivity contribution < 1.29 is 15.0 Å². The van der Waals surface area contributed by atoms with Gasteiger partial charge in [0.1, 0.15) is 11.8 Å². The first-order valence-corrected chi connectivity index (χ1v) is 5.18. The first kappa shape index (κ1) is 12.8. The van der Waals surface area contributed by atoms with E-state index < -0.39 is 12.0 Å². The highest BCUT2D eigenvalue weighted by Crippen LogP contribution is 2.33. The Morgan fingerprint density at radius 3 is 2.62 bits per heavy atom. The molecule has 16 heavy (non-hydrogen) atoms. The molecule has 0 saturated carbocycles. The van der Waals surface area contributed by atoms with Gasteiger partial charge in [-0.1, -0.05) is 17.7 Å². The Labute approximate surface area is 98.6 Å². The fourth-order valence-corrected chi connectivity index (χ4v) is 1.67. The molecule has 0 amide bonds. The third kappa shape index (κ3) is 2.46. The van der Waals surface area contributed by atoms with Gasteiger partial charge in [0.05, 0.1) is 5.02 Å². The second-order valence-corrected chi connectivity index (χ2v) is 4.17. The lowest BCUT2D eigenvalue weighted by atomic mass is 9.98. The molecular formula is C11H14ClNO3. The predicted octanol–water partition coefficient (Wildman–Crippen LogP) is 1.62. The van der Waals surface area contributed by atoms with Gasteiger partial charge in [0, 0.05) is 0 Å². The van der Waals surface area contributed by atoms with Crippen molar-refractivity contribution in [1.82, 2.24) is 0 Å². The molecular weight excluding hydrogens is 230 g/mol. The Morgan fingerprint density at radius 2 is 2.12 bits per heavy atom. The number of halogens is 1. The maximum Gasteiger partial charge on any atom is 0.320 e. The number of aliphatic carboxylic acids is 1. The summed E-state index contributed by atoms with van der Waals surface area (Å²) in [5, 5.41) is 18.7. The Kier molecular flexibility index (Phi) is 3.78. The minimum Gasteiger partial charge on any atom is -0.506 e. The van der Waals surface area contributed by atoms with Crippen molar-refractivity contribution in [2.75, 3.05) is 0 Å². The summed E-state index contributed by atoms with van der Waals surface area (Å²) in [7, 11) is 0. The van der Waals surface area contributed by atoms with Crippen LogP contribution in [0.1, 0.15) is 16.7 Å². The van der Waals surface area contributed by atoms with E-state index >= 15 is 0 Å². The number of hydrogen-bond donors (Lipinski definition) is 3. The smallest absolute Gasteiger partial charge is 0.320 e. The standard InChI is InChI=1S/C11H14ClNO3/c1-5-3-7(4-8(13)11(15)16)6(2)10(14)9(5)12/h3,8,14H,4,13H2,1-2H3,(H,15,16). The maximum absolute atomic E-state index is 10.6. The zero-order chi connectivity index (χ0) is 12.5. The lowest BCUT2D eigenvalue weighted by Gasteiger charge is -2.13. The van der Waals surface area contributed by atoms with E-state index in [2.05, 4.69) is 0 Å². The van der Waals surface area contributed by atoms with Crippen molar-refractivity contribution in [3.8, 4) is 5.75 Å². The van der Waals surface area contributed by atoms with E-state index in [4.69, 9.17) is 22.4 Å². The molecule has 1 atom stereocenters. The Bertz CT molecular complexity index is 432. The molecule has 0 aliphatic rings. The number of benzene rings is 1. The summed E-state index contributed by atoms with van der Waals surface area (Å²) < 4.78 is 0. The normalized spacial score (nSPS) is 12.5. The highest BCUT2D eigenvalue weighted by molar-refractivity contribution is 6.32. The van der Waals surface area contributed by atoms with E-state index in [0.29, 0.717) is 21.7 Å². The number of phenolic OH excluding ortho intramolecular Hbond substituents is 1. The van der Waals surface area contributed by atoms with Gasteiger partial charge >= 0.3 is 5.97 Å². The van der Waals surface area contributed by atoms with Gasteiger partial charge < -0.3 is 15.9 Å². The number of aromatic hydroxyl groups is 1. The average molecular weight is 244 g/mol. The summed E-state index contributed by atoms with van der Waals surface area (Å²) in [6.07, 6.45) is 0.173. The molecule has 1 unspecified atom stereocenters. The fourth-order valence-electron chi connectivity index (χ4n) is 1.47. The number of nitrogens with two attached hydrogens (primary N) is 1. The van der Waals surface area contributed by atoms with E-state index in [0.717, 1.165) is 0 Å². The van der Waals surface area contributed by atoms with Gasteiger partial charge in [-0.15, -0.1) is 0 Å². The van der Waals surface area contributed by atoms with Crippen molar-refractivity contribution in [3.05, 3.63) is 27.8 Å². The molecule has 0 aromatic heterocycles. The molecule has 0 heterocycles. The van der Waals surface area contributed by atoms with E-state index in [1.165, 1.54) is 0 Å². The molecule has 4 nitrogen and oxygen atoms in total. The van der Waals surface area contributed by atoms with Gasteiger partial charge in [-0.05, 0) is 37.0 Å². The molecule has 0 fully saturated rings. The van der Waals surface area contributed by atoms with E-state index in [1.54, 1.807) is 19.9 Å². The Morgan fingerprint density at radius 1 is 1.56 bits per heavy atom. The van der Waals surface area contributed by atoms with Crippen molar-refractivity contribution >= 4 is 17.6 Å². The van der Waals surface area contributed by atoms with Crippen molar-refractivity contribution in [3.63, 3.8) is 0 Å². The van der Waals surface area contributed by atoms with E-state index in [-0.39, 0.29) is 12.2 Å². The summed E-state index contributed by atoms with van der Waals surface area (Å²) in [5.74, 6) is -1.07. The van der Waals surface area contributed by atoms with E-state index in [1.807, 2.05) is 0 Å². The molecule has 0 saturated heterocycles. The zero-order valence-corrected chi connectivity index (χ0v) is 9.88. The first-order chi connectivity index (χ1) is 7.34. The van der Waals surface area contributed by atoms with Crippen LogP contribution in [0.4, 0.5) is 0 Å². The lowest BCUT2D eigenvalue weighted by Crippen LogP contribution is -2.32. The summed E-state index contributed by atoms with van der Waals surface area (Å²) in [6.45, 7) is 3.43. The number of aryl methyl sites for hydroxylation is 1. The van der Waals surface area contributed by atoms with Crippen LogP contribution in [0.25, 0.3) is 0 Å². The quantitative estimate of drug-likeness (QED) is 0.753. The van der Waals surface area contributed by atoms with Crippen molar-refractivity contribution in [1.29, 1.82) is 0 Å². The molecule has 1 rings (SSSR count). The highest BCUT2D eigenvalue weighted by atomic mass is 35.5. The van der Waals surface area contributed by atoms with Gasteiger partial charge in [-0.3, -0.25) is 4.79 Å². The first-order valence-electron chi connectivity index (χ1n) is 4.80. The lowest BCUT2D eigenvalue weighted by molar-refractivity contribution is -0.138. The van der Waals surface area contributed by atoms with Crippen molar-refractivity contribution in [2.45, 2.75) is 26.3 Å². The molecule has 88 valence electrons. The second-order valence-electron chi connectivity index (χ2n) is 3.79. The predicted molar refractivity (Wildman–Crippen MR) is 61.9 cm³/mol. The number of carboxylic acids is 1. The monoisotopic (exact) mass is 243 g/mol. The summed E-state index contributed by atoms with van der Waals surface area (Å²) in [6, 6.07) is 0.777. The maximum atomic E-state index is 10.6. The van der Waals surface area contributed by atoms with Crippen LogP contribution in [-0.2, 0) is 11.2 Å². The molecule has 0 spiro atoms. The highest BCUT2D eigenvalue weighted by Gasteiger charge is 2.17. The SMILES string of the molecule is Cc1cc(CC(N)C(=O)O)c(C)c(O)c1Cl. The molecule has 0 bridgehead atoms. The summed E-state index contributed by atoms with van der Waals surface area (Å²) in [5.41, 5.74) is 7.43. The number of hydrogen-bond acceptors (Lipinski definition) is 3. The van der Waals surface area contributed by atoms with Crippen LogP contribution in [-0.4, -0.2) is 22.2 Å². The molecule has 0 radical (unpaired) electrons. The molecule has 0 aliphatic carbocycles. The Balaban J connectivity index is 3.11. The van der Waals surface area contributed by atoms with Crippen LogP contribution < -0.4 is 5.73 Å². The van der Waals surface area contributed by atoms with Crippen LogP contribution in [0.5, 0.6) is 5.75 Å². The van der Waals surface area contributed by atoms with E-state index in [9.17, 15) is 9.90 Å². The third-order valence-corrected chi connectivity index (χ3v) is 3.02. The topological polar surface area (TPSA) is 83.6 Å². The van der Waals surface area contributed by atoms with Crippen LogP contribution in [0.3, 0.4) is 0 Å². The second kappa shape index (κ2) is 4.72. The fraction of sp³-hybridized carbons (Fsp3) is 0.364. The number of carbonyl (C=O) groups is 1. The number of rotatable bonds is 3. The van der Waals surface area contributed by atoms with Gasteiger partial charge in [-0.2, -0.15) is 0 Å². The van der Waals surface area contributed by atoms with Gasteiger partial charge in [0.2, 0.25) is 0 Å². The van der Waals surface area contributed by atoms with Gasteiger partial charge in [0.25, 0.3) is 0 Å². The number of carboxylic acid groups (broad SMARTS) is 1. The van der Waals surface area contributed by atoms with Gasteiger partial charge in [-0.25, -0.2) is 0 Å². The van der Waals surface area contributed by atoms with Gasteiger partial charge in [0.15, 0.2) is 0 Å². The van der Waals surface area contributed by atoms with Crippen LogP contribution >= 0.6 is 11.6 Å². The zero-order valence-electron chi connectivity index (χ0n) is 9.12. The largest absolute Gasteiger partial charge is 0.506 e. The van der Waals surface area contributed by atoms with Crippen LogP contribution in [0.15, 0.2) is 6.07 Å². The molecule has 0 aliphatic heterocycles. The van der Waals surface area contributed by atoms with Crippen LogP contribution in [0, 0.1) is 13.8 Å². The van der Waals surface area contributed by atoms with Crippen molar-refractivity contribution in [2.24, 2.45) is 5.73 Å². The molecule has 1 aromatic carbocycles. The molecule has 5 heteroatoms. The van der Waals surface area contributed by atoms with Crippen LogP contribution in [0.2, 0.25) is 5.02 Å². The summed E-state index contributed by atoms with van der Waals surface area (Å²) in [4.78, 5) is 10.6. The molecule has 4 N–H and O–H groups in total. The number of phenols is 1. The average Bonchev–Trinajstić information content (AvgIpc) is 2.22. The summed E-state index contributed by atoms with van der Waals surface area (Å²) >= 11 is 5.86. The minimum absolute atomic E-state index is 0.00532. The third-order valence-electron chi connectivity index (χ3n) is 2.54. The minimum atomic E-state index is -1.06. The Hall–Kier alpha value is -1.26.